The van der Waals surface area contributed by atoms with Gasteiger partial charge in [0.2, 0.25) is 15.9 Å². The van der Waals surface area contributed by atoms with Crippen LogP contribution in [0.15, 0.2) is 71.6 Å². The zero-order chi connectivity index (χ0) is 18.7. The van der Waals surface area contributed by atoms with E-state index in [0.29, 0.717) is 5.69 Å². The fraction of sp³-hybridized carbons (Fsp3) is 0.105. The van der Waals surface area contributed by atoms with Crippen LogP contribution in [0.25, 0.3) is 10.8 Å². The molecule has 1 atom stereocenters. The summed E-state index contributed by atoms with van der Waals surface area (Å²) in [5.41, 5.74) is 0.547. The summed E-state index contributed by atoms with van der Waals surface area (Å²) in [7, 11) is -4.15. The molecule has 0 radical (unpaired) electrons. The van der Waals surface area contributed by atoms with E-state index in [2.05, 4.69) is 10.0 Å². The van der Waals surface area contributed by atoms with Gasteiger partial charge in [-0.05, 0) is 42.0 Å². The average Bonchev–Trinajstić information content (AvgIpc) is 2.61. The average molecular weight is 372 g/mol. The van der Waals surface area contributed by atoms with Crippen molar-refractivity contribution >= 4 is 32.4 Å². The van der Waals surface area contributed by atoms with E-state index in [4.69, 9.17) is 0 Å². The minimum Gasteiger partial charge on any atom is -0.325 e. The lowest BCUT2D eigenvalue weighted by Gasteiger charge is -2.15. The molecule has 1 amide bonds. The highest BCUT2D eigenvalue weighted by atomic mass is 32.2. The summed E-state index contributed by atoms with van der Waals surface area (Å²) in [6, 6.07) is 17.0. The van der Waals surface area contributed by atoms with E-state index in [0.717, 1.165) is 22.9 Å². The number of fused-ring (bicyclic) bond motifs is 1. The first kappa shape index (κ1) is 18.0. The Balaban J connectivity index is 1.74. The second kappa shape index (κ2) is 7.23. The molecule has 0 aliphatic heterocycles. The van der Waals surface area contributed by atoms with Crippen LogP contribution >= 0.6 is 0 Å². The van der Waals surface area contributed by atoms with Crippen molar-refractivity contribution in [2.75, 3.05) is 5.32 Å². The van der Waals surface area contributed by atoms with Gasteiger partial charge < -0.3 is 5.32 Å². The van der Waals surface area contributed by atoms with Crippen molar-refractivity contribution in [3.8, 4) is 0 Å². The van der Waals surface area contributed by atoms with E-state index >= 15 is 0 Å². The van der Waals surface area contributed by atoms with Crippen LogP contribution in [0.4, 0.5) is 10.1 Å². The molecule has 0 aliphatic rings. The highest BCUT2D eigenvalue weighted by molar-refractivity contribution is 7.89. The summed E-state index contributed by atoms with van der Waals surface area (Å²) < 4.78 is 40.4. The number of hydrogen-bond acceptors (Lipinski definition) is 3. The maximum atomic E-state index is 13.7. The molecular weight excluding hydrogens is 355 g/mol. The smallest absolute Gasteiger partial charge is 0.244 e. The lowest BCUT2D eigenvalue weighted by atomic mass is 10.1. The number of anilines is 1. The Hall–Kier alpha value is -2.77. The zero-order valence-electron chi connectivity index (χ0n) is 13.9. The number of nitrogens with one attached hydrogen (secondary N) is 2. The van der Waals surface area contributed by atoms with Gasteiger partial charge in [0.15, 0.2) is 0 Å². The lowest BCUT2D eigenvalue weighted by Crippen LogP contribution is -2.41. The maximum absolute atomic E-state index is 13.7. The van der Waals surface area contributed by atoms with Gasteiger partial charge in [0.25, 0.3) is 0 Å². The van der Waals surface area contributed by atoms with Crippen molar-refractivity contribution in [2.45, 2.75) is 17.9 Å². The van der Waals surface area contributed by atoms with Gasteiger partial charge in [-0.25, -0.2) is 12.8 Å². The molecule has 0 aromatic heterocycles. The summed E-state index contributed by atoms with van der Waals surface area (Å²) in [4.78, 5) is 11.8. The quantitative estimate of drug-likeness (QED) is 0.722. The molecule has 26 heavy (non-hydrogen) atoms. The molecule has 0 bridgehead atoms. The Morgan fingerprint density at radius 3 is 2.35 bits per heavy atom. The first-order valence-corrected chi connectivity index (χ1v) is 9.42. The predicted octanol–water partition coefficient (Wildman–Crippen LogP) is 3.28. The number of hydrogen-bond donors (Lipinski definition) is 2. The molecule has 3 aromatic carbocycles. The van der Waals surface area contributed by atoms with Crippen molar-refractivity contribution in [1.82, 2.24) is 4.72 Å². The fourth-order valence-electron chi connectivity index (χ4n) is 2.53. The third kappa shape index (κ3) is 3.89. The minimum absolute atomic E-state index is 0.495. The van der Waals surface area contributed by atoms with Crippen molar-refractivity contribution in [3.63, 3.8) is 0 Å². The largest absolute Gasteiger partial charge is 0.325 e. The summed E-state index contributed by atoms with van der Waals surface area (Å²) in [6.45, 7) is 1.40. The van der Waals surface area contributed by atoms with Crippen LogP contribution in [-0.2, 0) is 14.8 Å². The Morgan fingerprint density at radius 2 is 1.62 bits per heavy atom. The molecule has 0 fully saturated rings. The van der Waals surface area contributed by atoms with Gasteiger partial charge in [0.1, 0.15) is 10.7 Å². The minimum atomic E-state index is -4.15. The molecule has 0 spiro atoms. The van der Waals surface area contributed by atoms with Crippen molar-refractivity contribution < 1.29 is 17.6 Å². The predicted molar refractivity (Wildman–Crippen MR) is 98.8 cm³/mol. The van der Waals surface area contributed by atoms with Gasteiger partial charge in [0.05, 0.1) is 6.04 Å². The number of amides is 1. The second-order valence-corrected chi connectivity index (χ2v) is 7.51. The van der Waals surface area contributed by atoms with Gasteiger partial charge in [0, 0.05) is 5.69 Å². The third-order valence-corrected chi connectivity index (χ3v) is 5.44. The Kier molecular flexibility index (Phi) is 5.01. The molecule has 0 aliphatic carbocycles. The van der Waals surface area contributed by atoms with Gasteiger partial charge in [-0.1, -0.05) is 42.5 Å². The molecule has 134 valence electrons. The molecule has 0 saturated carbocycles. The van der Waals surface area contributed by atoms with Crippen molar-refractivity contribution in [3.05, 3.63) is 72.5 Å². The molecule has 0 heterocycles. The van der Waals surface area contributed by atoms with Crippen molar-refractivity contribution in [1.29, 1.82) is 0 Å². The summed E-state index contributed by atoms with van der Waals surface area (Å²) >= 11 is 0. The number of carbonyl (C=O) groups is 1. The van der Waals surface area contributed by atoms with Crippen LogP contribution in [0.3, 0.4) is 0 Å². The van der Waals surface area contributed by atoms with Crippen LogP contribution in [0, 0.1) is 5.82 Å². The molecule has 3 aromatic rings. The zero-order valence-corrected chi connectivity index (χ0v) is 14.8. The molecule has 2 N–H and O–H groups in total. The van der Waals surface area contributed by atoms with E-state index < -0.39 is 32.7 Å². The fourth-order valence-corrected chi connectivity index (χ4v) is 3.81. The SMILES string of the molecule is C[C@@H](NS(=O)(=O)c1ccccc1F)C(=O)Nc1ccc2ccccc2c1. The van der Waals surface area contributed by atoms with E-state index in [9.17, 15) is 17.6 Å². The van der Waals surface area contributed by atoms with Crippen LogP contribution < -0.4 is 10.0 Å². The van der Waals surface area contributed by atoms with Crippen molar-refractivity contribution in [2.24, 2.45) is 0 Å². The van der Waals surface area contributed by atoms with E-state index in [1.54, 1.807) is 12.1 Å². The highest BCUT2D eigenvalue weighted by Crippen LogP contribution is 2.19. The van der Waals surface area contributed by atoms with Crippen LogP contribution in [0.1, 0.15) is 6.92 Å². The Bertz CT molecular complexity index is 1070. The maximum Gasteiger partial charge on any atom is 0.244 e. The summed E-state index contributed by atoms with van der Waals surface area (Å²) in [5.74, 6) is -1.41. The van der Waals surface area contributed by atoms with Crippen LogP contribution in [-0.4, -0.2) is 20.4 Å². The Labute approximate surface area is 150 Å². The highest BCUT2D eigenvalue weighted by Gasteiger charge is 2.24. The van der Waals surface area contributed by atoms with Gasteiger partial charge in [-0.2, -0.15) is 4.72 Å². The third-order valence-electron chi connectivity index (χ3n) is 3.87. The molecule has 0 unspecified atom stereocenters. The number of sulfonamides is 1. The van der Waals surface area contributed by atoms with E-state index in [1.165, 1.54) is 19.1 Å². The van der Waals surface area contributed by atoms with Gasteiger partial charge in [-0.15, -0.1) is 0 Å². The second-order valence-electron chi connectivity index (χ2n) is 5.82. The summed E-state index contributed by atoms with van der Waals surface area (Å²) in [5, 5.41) is 4.64. The number of carbonyl (C=O) groups excluding carboxylic acids is 1. The first-order chi connectivity index (χ1) is 12.4. The number of halogens is 1. The summed E-state index contributed by atoms with van der Waals surface area (Å²) in [6.07, 6.45) is 0. The lowest BCUT2D eigenvalue weighted by molar-refractivity contribution is -0.117. The topological polar surface area (TPSA) is 75.3 Å². The van der Waals surface area contributed by atoms with Gasteiger partial charge in [-0.3, -0.25) is 4.79 Å². The van der Waals surface area contributed by atoms with Crippen LogP contribution in [0.5, 0.6) is 0 Å². The standard InChI is InChI=1S/C19H17FN2O3S/c1-13(22-26(24,25)18-9-5-4-8-17(18)20)19(23)21-16-11-10-14-6-2-3-7-15(14)12-16/h2-13,22H,1H3,(H,21,23)/t13-/m1/s1. The number of rotatable bonds is 5. The first-order valence-electron chi connectivity index (χ1n) is 7.93. The molecule has 0 saturated heterocycles. The molecule has 5 nitrogen and oxygen atoms in total. The molecular formula is C19H17FN2O3S. The normalized spacial score (nSPS) is 12.7. The number of benzene rings is 3. The van der Waals surface area contributed by atoms with E-state index in [1.807, 2.05) is 30.3 Å². The Morgan fingerprint density at radius 1 is 0.962 bits per heavy atom. The molecule has 3 rings (SSSR count). The molecule has 7 heteroatoms. The van der Waals surface area contributed by atoms with Crippen LogP contribution in [0.2, 0.25) is 0 Å². The van der Waals surface area contributed by atoms with Gasteiger partial charge >= 0.3 is 0 Å². The van der Waals surface area contributed by atoms with E-state index in [-0.39, 0.29) is 0 Å². The monoisotopic (exact) mass is 372 g/mol.